The van der Waals surface area contributed by atoms with E-state index in [9.17, 15) is 39.3 Å². The van der Waals surface area contributed by atoms with Crippen LogP contribution in [0.25, 0.3) is 0 Å². The molecule has 0 bridgehead atoms. The largest absolute Gasteiger partial charge is 0.508 e. The Kier molecular flexibility index (Phi) is 13.0. The molecule has 0 radical (unpaired) electrons. The molecular weight excluding hydrogens is 486 g/mol. The first-order valence-electron chi connectivity index (χ1n) is 11.9. The molecule has 37 heavy (non-hydrogen) atoms. The van der Waals surface area contributed by atoms with E-state index in [1.54, 1.807) is 26.0 Å². The van der Waals surface area contributed by atoms with Crippen LogP contribution in [-0.4, -0.2) is 75.7 Å². The summed E-state index contributed by atoms with van der Waals surface area (Å²) in [6.45, 7) is 3.47. The molecule has 206 valence electrons. The number of hydrogen-bond donors (Lipinski definition) is 8. The lowest BCUT2D eigenvalue weighted by molar-refractivity contribution is -0.144. The zero-order valence-corrected chi connectivity index (χ0v) is 21.0. The molecule has 0 saturated heterocycles. The molecule has 0 aliphatic carbocycles. The lowest BCUT2D eigenvalue weighted by Crippen LogP contribution is -2.58. The van der Waals surface area contributed by atoms with Gasteiger partial charge in [0, 0.05) is 0 Å². The fourth-order valence-electron chi connectivity index (χ4n) is 3.44. The molecule has 0 saturated carbocycles. The van der Waals surface area contributed by atoms with Gasteiger partial charge in [0.1, 0.15) is 23.9 Å². The van der Waals surface area contributed by atoms with Crippen molar-refractivity contribution in [3.05, 3.63) is 29.8 Å². The minimum absolute atomic E-state index is 0.0569. The Balaban J connectivity index is 2.98. The van der Waals surface area contributed by atoms with Gasteiger partial charge in [0.2, 0.25) is 17.7 Å². The van der Waals surface area contributed by atoms with Gasteiger partial charge in [0.05, 0.1) is 12.5 Å². The second-order valence-corrected chi connectivity index (χ2v) is 9.05. The predicted molar refractivity (Wildman–Crippen MR) is 133 cm³/mol. The number of carboxylic acids is 2. The summed E-state index contributed by atoms with van der Waals surface area (Å²) in [7, 11) is 0. The average molecular weight is 524 g/mol. The minimum Gasteiger partial charge on any atom is -0.508 e. The maximum absolute atomic E-state index is 13.0. The average Bonchev–Trinajstić information content (AvgIpc) is 2.81. The molecule has 0 spiro atoms. The molecule has 13 heteroatoms. The fraction of sp³-hybridized carbons (Fsp3) is 0.542. The molecule has 0 aliphatic heterocycles. The third kappa shape index (κ3) is 11.3. The second-order valence-electron chi connectivity index (χ2n) is 9.05. The van der Waals surface area contributed by atoms with Gasteiger partial charge >= 0.3 is 11.9 Å². The number of aromatic hydroxyl groups is 1. The van der Waals surface area contributed by atoms with Gasteiger partial charge in [0.15, 0.2) is 0 Å². The van der Waals surface area contributed by atoms with E-state index in [2.05, 4.69) is 16.0 Å². The van der Waals surface area contributed by atoms with Crippen LogP contribution in [0.5, 0.6) is 5.75 Å². The molecule has 4 atom stereocenters. The maximum atomic E-state index is 13.0. The van der Waals surface area contributed by atoms with E-state index in [4.69, 9.17) is 11.5 Å². The van der Waals surface area contributed by atoms with E-state index in [-0.39, 0.29) is 18.6 Å². The highest BCUT2D eigenvalue weighted by Crippen LogP contribution is 2.11. The van der Waals surface area contributed by atoms with E-state index < -0.39 is 66.2 Å². The molecule has 0 aromatic heterocycles. The summed E-state index contributed by atoms with van der Waals surface area (Å²) < 4.78 is 0. The SMILES string of the molecule is CC(C)C(NC(=O)C(CC(=O)O)NC(=O)C(CCCCN)NC(=O)C(N)Cc1ccc(O)cc1)C(=O)O. The molecule has 0 fully saturated rings. The van der Waals surface area contributed by atoms with Crippen molar-refractivity contribution in [3.8, 4) is 5.75 Å². The highest BCUT2D eigenvalue weighted by molar-refractivity contribution is 5.95. The number of carbonyl (C=O) groups excluding carboxylic acids is 3. The number of phenols is 1. The molecule has 1 aromatic rings. The van der Waals surface area contributed by atoms with E-state index >= 15 is 0 Å². The van der Waals surface area contributed by atoms with Crippen molar-refractivity contribution in [2.24, 2.45) is 17.4 Å². The molecular formula is C24H37N5O8. The Morgan fingerprint density at radius 3 is 1.95 bits per heavy atom. The number of hydrogen-bond acceptors (Lipinski definition) is 8. The number of phenolic OH excluding ortho intramolecular Hbond substituents is 1. The van der Waals surface area contributed by atoms with Gasteiger partial charge in [-0.2, -0.15) is 0 Å². The van der Waals surface area contributed by atoms with Crippen LogP contribution in [-0.2, 0) is 30.4 Å². The Morgan fingerprint density at radius 1 is 0.865 bits per heavy atom. The summed E-state index contributed by atoms with van der Waals surface area (Å²) in [4.78, 5) is 61.2. The summed E-state index contributed by atoms with van der Waals surface area (Å²) in [6, 6.07) is 1.05. The van der Waals surface area contributed by atoms with Crippen LogP contribution in [0, 0.1) is 5.92 Å². The maximum Gasteiger partial charge on any atom is 0.326 e. The Bertz CT molecular complexity index is 938. The van der Waals surface area contributed by atoms with Gasteiger partial charge < -0.3 is 42.7 Å². The van der Waals surface area contributed by atoms with Crippen molar-refractivity contribution in [1.82, 2.24) is 16.0 Å². The number of amides is 3. The van der Waals surface area contributed by atoms with E-state index in [0.717, 1.165) is 0 Å². The normalized spacial score (nSPS) is 14.2. The molecule has 3 amide bonds. The Morgan fingerprint density at radius 2 is 1.43 bits per heavy atom. The van der Waals surface area contributed by atoms with E-state index in [1.807, 2.05) is 0 Å². The molecule has 1 rings (SSSR count). The van der Waals surface area contributed by atoms with Crippen molar-refractivity contribution >= 4 is 29.7 Å². The van der Waals surface area contributed by atoms with Crippen LogP contribution in [0.15, 0.2) is 24.3 Å². The van der Waals surface area contributed by atoms with Gasteiger partial charge in [-0.3, -0.25) is 19.2 Å². The zero-order chi connectivity index (χ0) is 28.1. The highest BCUT2D eigenvalue weighted by atomic mass is 16.4. The van der Waals surface area contributed by atoms with Gasteiger partial charge in [-0.05, 0) is 55.8 Å². The number of carboxylic acid groups (broad SMARTS) is 2. The summed E-state index contributed by atoms with van der Waals surface area (Å²) in [5.74, 6) is -5.59. The van der Waals surface area contributed by atoms with Crippen molar-refractivity contribution in [3.63, 3.8) is 0 Å². The minimum atomic E-state index is -1.58. The summed E-state index contributed by atoms with van der Waals surface area (Å²) in [6.07, 6.45) is 0.468. The molecule has 4 unspecified atom stereocenters. The van der Waals surface area contributed by atoms with E-state index in [1.165, 1.54) is 12.1 Å². The Hall–Kier alpha value is -3.71. The van der Waals surface area contributed by atoms with Crippen LogP contribution < -0.4 is 27.4 Å². The smallest absolute Gasteiger partial charge is 0.326 e. The van der Waals surface area contributed by atoms with Gasteiger partial charge in [0.25, 0.3) is 0 Å². The second kappa shape index (κ2) is 15.4. The van der Waals surface area contributed by atoms with E-state index in [0.29, 0.717) is 24.9 Å². The predicted octanol–water partition coefficient (Wildman–Crippen LogP) is -0.939. The first kappa shape index (κ1) is 31.3. The van der Waals surface area contributed by atoms with Crippen LogP contribution in [0.4, 0.5) is 0 Å². The first-order valence-corrected chi connectivity index (χ1v) is 11.9. The van der Waals surface area contributed by atoms with Crippen molar-refractivity contribution in [2.75, 3.05) is 6.54 Å². The van der Waals surface area contributed by atoms with Crippen LogP contribution in [0.2, 0.25) is 0 Å². The molecule has 13 nitrogen and oxygen atoms in total. The van der Waals surface area contributed by atoms with Crippen molar-refractivity contribution in [1.29, 1.82) is 0 Å². The standard InChI is InChI=1S/C24H37N5O8/c1-13(2)20(24(36)37)29-23(35)18(12-19(31)32)28-22(34)17(5-3-4-10-25)27-21(33)16(26)11-14-6-8-15(30)9-7-14/h6-9,13,16-18,20,30H,3-5,10-12,25-26H2,1-2H3,(H,27,33)(H,28,34)(H,29,35)(H,31,32)(H,36,37). The van der Waals surface area contributed by atoms with Gasteiger partial charge in [-0.1, -0.05) is 26.0 Å². The number of benzene rings is 1. The molecule has 1 aromatic carbocycles. The number of carbonyl (C=O) groups is 5. The zero-order valence-electron chi connectivity index (χ0n) is 21.0. The lowest BCUT2D eigenvalue weighted by Gasteiger charge is -2.25. The van der Waals surface area contributed by atoms with Crippen molar-refractivity contribution < 1.29 is 39.3 Å². The monoisotopic (exact) mass is 523 g/mol. The van der Waals surface area contributed by atoms with Crippen LogP contribution in [0.3, 0.4) is 0 Å². The van der Waals surface area contributed by atoms with Gasteiger partial charge in [-0.15, -0.1) is 0 Å². The molecule has 0 heterocycles. The number of rotatable bonds is 16. The number of nitrogens with one attached hydrogen (secondary N) is 3. The third-order valence-electron chi connectivity index (χ3n) is 5.55. The first-order chi connectivity index (χ1) is 17.3. The quantitative estimate of drug-likeness (QED) is 0.124. The van der Waals surface area contributed by atoms with Crippen LogP contribution >= 0.6 is 0 Å². The molecule has 10 N–H and O–H groups in total. The topological polar surface area (TPSA) is 234 Å². The fourth-order valence-corrected chi connectivity index (χ4v) is 3.44. The number of unbranched alkanes of at least 4 members (excludes halogenated alkanes) is 1. The summed E-state index contributed by atoms with van der Waals surface area (Å²) in [5, 5.41) is 35.0. The highest BCUT2D eigenvalue weighted by Gasteiger charge is 2.32. The number of aliphatic carboxylic acids is 2. The van der Waals surface area contributed by atoms with Gasteiger partial charge in [-0.25, -0.2) is 4.79 Å². The van der Waals surface area contributed by atoms with Crippen molar-refractivity contribution in [2.45, 2.75) is 70.1 Å². The molecule has 0 aliphatic rings. The third-order valence-corrected chi connectivity index (χ3v) is 5.55. The lowest BCUT2D eigenvalue weighted by atomic mass is 10.0. The summed E-state index contributed by atoms with van der Waals surface area (Å²) >= 11 is 0. The summed E-state index contributed by atoms with van der Waals surface area (Å²) in [5.41, 5.74) is 12.2. The van der Waals surface area contributed by atoms with Crippen LogP contribution in [0.1, 0.15) is 45.1 Å². The number of nitrogens with two attached hydrogens (primary N) is 2. The Labute approximate surface area is 215 Å².